The first-order valence-electron chi connectivity index (χ1n) is 8.04. The molecule has 1 atom stereocenters. The second kappa shape index (κ2) is 7.35. The van der Waals surface area contributed by atoms with Crippen LogP contribution in [0.25, 0.3) is 0 Å². The molecular weight excluding hydrogens is 356 g/mol. The number of ether oxygens (including phenoxy) is 2. The summed E-state index contributed by atoms with van der Waals surface area (Å²) in [7, 11) is -0.654. The summed E-state index contributed by atoms with van der Waals surface area (Å²) in [6.07, 6.45) is 0.104. The average Bonchev–Trinajstić information content (AvgIpc) is 3.01. The van der Waals surface area contributed by atoms with Gasteiger partial charge in [-0.3, -0.25) is 4.79 Å². The Morgan fingerprint density at radius 2 is 1.73 bits per heavy atom. The Morgan fingerprint density at radius 1 is 1.04 bits per heavy atom. The number of nitrogens with zero attached hydrogens (tertiary/aromatic N) is 1. The zero-order valence-corrected chi connectivity index (χ0v) is 15.3. The third-order valence-corrected chi connectivity index (χ3v) is 5.72. The fourth-order valence-corrected chi connectivity index (χ4v) is 4.08. The highest BCUT2D eigenvalue weighted by Gasteiger charge is 2.33. The zero-order chi connectivity index (χ0) is 18.7. The highest BCUT2D eigenvalue weighted by Crippen LogP contribution is 2.26. The molecule has 1 N–H and O–H groups in total. The minimum atomic E-state index is -3.72. The summed E-state index contributed by atoms with van der Waals surface area (Å²) >= 11 is 0. The molecule has 0 bridgehead atoms. The van der Waals surface area contributed by atoms with Gasteiger partial charge in [-0.05, 0) is 36.4 Å². The molecule has 8 heteroatoms. The fourth-order valence-electron chi connectivity index (χ4n) is 2.86. The van der Waals surface area contributed by atoms with Crippen molar-refractivity contribution in [3.63, 3.8) is 0 Å². The van der Waals surface area contributed by atoms with E-state index < -0.39 is 16.1 Å². The van der Waals surface area contributed by atoms with Crippen LogP contribution in [0.1, 0.15) is 6.42 Å². The van der Waals surface area contributed by atoms with E-state index in [9.17, 15) is 13.2 Å². The number of nitrogens with one attached hydrogen (secondary N) is 1. The van der Waals surface area contributed by atoms with Gasteiger partial charge in [0.15, 0.2) is 0 Å². The lowest BCUT2D eigenvalue weighted by molar-refractivity contribution is -0.117. The lowest BCUT2D eigenvalue weighted by atomic mass is 10.3. The molecule has 1 amide bonds. The summed E-state index contributed by atoms with van der Waals surface area (Å²) in [6, 6.07) is 12.7. The Balaban J connectivity index is 1.73. The Bertz CT molecular complexity index is 896. The maximum absolute atomic E-state index is 12.5. The molecule has 2 aromatic rings. The first-order valence-corrected chi connectivity index (χ1v) is 9.52. The predicted octanol–water partition coefficient (Wildman–Crippen LogP) is 1.79. The van der Waals surface area contributed by atoms with Gasteiger partial charge in [0.25, 0.3) is 0 Å². The number of hydrogen-bond donors (Lipinski definition) is 1. The topological polar surface area (TPSA) is 84.9 Å². The SMILES string of the molecule is COc1ccc(S(=O)(=O)N[C@@H]2CC(=O)N(c3cccc(OC)c3)C2)cc1. The summed E-state index contributed by atoms with van der Waals surface area (Å²) in [5.41, 5.74) is 0.681. The predicted molar refractivity (Wildman–Crippen MR) is 97.1 cm³/mol. The van der Waals surface area contributed by atoms with Crippen molar-refractivity contribution in [2.24, 2.45) is 0 Å². The summed E-state index contributed by atoms with van der Waals surface area (Å²) in [4.78, 5) is 14.0. The molecule has 1 aliphatic rings. The number of anilines is 1. The van der Waals surface area contributed by atoms with Gasteiger partial charge in [0.1, 0.15) is 11.5 Å². The number of carbonyl (C=O) groups is 1. The molecule has 138 valence electrons. The molecule has 1 heterocycles. The lowest BCUT2D eigenvalue weighted by Crippen LogP contribution is -2.37. The van der Waals surface area contributed by atoms with Crippen LogP contribution in [0.3, 0.4) is 0 Å². The second-order valence-corrected chi connectivity index (χ2v) is 7.62. The normalized spacial score (nSPS) is 17.4. The molecular formula is C18H20N2O5S. The molecule has 1 fully saturated rings. The molecule has 26 heavy (non-hydrogen) atoms. The van der Waals surface area contributed by atoms with Crippen LogP contribution in [-0.4, -0.2) is 41.1 Å². The molecule has 2 aromatic carbocycles. The molecule has 0 saturated carbocycles. The van der Waals surface area contributed by atoms with Gasteiger partial charge >= 0.3 is 0 Å². The summed E-state index contributed by atoms with van der Waals surface area (Å²) in [5, 5.41) is 0. The Kier molecular flexibility index (Phi) is 5.15. The minimum absolute atomic E-state index is 0.104. The van der Waals surface area contributed by atoms with Crippen molar-refractivity contribution in [2.45, 2.75) is 17.4 Å². The van der Waals surface area contributed by atoms with Crippen LogP contribution in [0.5, 0.6) is 11.5 Å². The van der Waals surface area contributed by atoms with E-state index in [2.05, 4.69) is 4.72 Å². The van der Waals surface area contributed by atoms with Gasteiger partial charge in [-0.1, -0.05) is 6.07 Å². The largest absolute Gasteiger partial charge is 0.497 e. The van der Waals surface area contributed by atoms with Crippen molar-refractivity contribution >= 4 is 21.6 Å². The molecule has 3 rings (SSSR count). The van der Waals surface area contributed by atoms with Crippen LogP contribution in [-0.2, 0) is 14.8 Å². The van der Waals surface area contributed by atoms with Crippen LogP contribution >= 0.6 is 0 Å². The highest BCUT2D eigenvalue weighted by molar-refractivity contribution is 7.89. The number of rotatable bonds is 6. The molecule has 0 unspecified atom stereocenters. The monoisotopic (exact) mass is 376 g/mol. The Morgan fingerprint density at radius 3 is 2.38 bits per heavy atom. The quantitative estimate of drug-likeness (QED) is 0.831. The van der Waals surface area contributed by atoms with Crippen molar-refractivity contribution in [3.8, 4) is 11.5 Å². The third-order valence-electron chi connectivity index (χ3n) is 4.18. The number of sulfonamides is 1. The fraction of sp³-hybridized carbons (Fsp3) is 0.278. The molecule has 0 aliphatic carbocycles. The Hall–Kier alpha value is -2.58. The summed E-state index contributed by atoms with van der Waals surface area (Å²) in [5.74, 6) is 1.07. The van der Waals surface area contributed by atoms with E-state index in [-0.39, 0.29) is 23.8 Å². The van der Waals surface area contributed by atoms with Gasteiger partial charge in [0.05, 0.1) is 19.1 Å². The van der Waals surface area contributed by atoms with Crippen molar-refractivity contribution < 1.29 is 22.7 Å². The highest BCUT2D eigenvalue weighted by atomic mass is 32.2. The molecule has 1 saturated heterocycles. The van der Waals surface area contributed by atoms with Gasteiger partial charge in [-0.2, -0.15) is 0 Å². The van der Waals surface area contributed by atoms with Crippen molar-refractivity contribution in [2.75, 3.05) is 25.7 Å². The average molecular weight is 376 g/mol. The second-order valence-electron chi connectivity index (χ2n) is 5.90. The van der Waals surface area contributed by atoms with E-state index in [1.165, 1.54) is 19.2 Å². The van der Waals surface area contributed by atoms with E-state index in [1.807, 2.05) is 0 Å². The Labute approximate surface area is 152 Å². The van der Waals surface area contributed by atoms with Crippen LogP contribution < -0.4 is 19.1 Å². The van der Waals surface area contributed by atoms with E-state index in [0.29, 0.717) is 17.2 Å². The van der Waals surface area contributed by atoms with Crippen LogP contribution in [0.15, 0.2) is 53.4 Å². The maximum Gasteiger partial charge on any atom is 0.240 e. The van der Waals surface area contributed by atoms with Gasteiger partial charge in [-0.15, -0.1) is 0 Å². The standard InChI is InChI=1S/C18H20N2O5S/c1-24-15-6-8-17(9-7-15)26(22,23)19-13-10-18(21)20(12-13)14-4-3-5-16(11-14)25-2/h3-9,11,13,19H,10,12H2,1-2H3/t13-/m1/s1. The van der Waals surface area contributed by atoms with Crippen LogP contribution in [0, 0.1) is 0 Å². The summed E-state index contributed by atoms with van der Waals surface area (Å²) < 4.78 is 37.9. The number of carbonyl (C=O) groups excluding carboxylic acids is 1. The molecule has 7 nitrogen and oxygen atoms in total. The molecule has 1 aliphatic heterocycles. The van der Waals surface area contributed by atoms with Crippen LogP contribution in [0.4, 0.5) is 5.69 Å². The van der Waals surface area contributed by atoms with Crippen molar-refractivity contribution in [3.05, 3.63) is 48.5 Å². The minimum Gasteiger partial charge on any atom is -0.497 e. The summed E-state index contributed by atoms with van der Waals surface area (Å²) in [6.45, 7) is 0.265. The van der Waals surface area contributed by atoms with E-state index in [1.54, 1.807) is 48.4 Å². The first kappa shape index (κ1) is 18.2. The maximum atomic E-state index is 12.5. The smallest absolute Gasteiger partial charge is 0.240 e. The molecule has 0 aromatic heterocycles. The van der Waals surface area contributed by atoms with Gasteiger partial charge in [-0.25, -0.2) is 13.1 Å². The van der Waals surface area contributed by atoms with Crippen molar-refractivity contribution in [1.29, 1.82) is 0 Å². The third kappa shape index (κ3) is 3.81. The van der Waals surface area contributed by atoms with E-state index >= 15 is 0 Å². The number of benzene rings is 2. The van der Waals surface area contributed by atoms with Gasteiger partial charge < -0.3 is 14.4 Å². The van der Waals surface area contributed by atoms with Crippen LogP contribution in [0.2, 0.25) is 0 Å². The van der Waals surface area contributed by atoms with E-state index in [0.717, 1.165) is 0 Å². The van der Waals surface area contributed by atoms with Gasteiger partial charge in [0, 0.05) is 30.8 Å². The lowest BCUT2D eigenvalue weighted by Gasteiger charge is -2.18. The number of amides is 1. The van der Waals surface area contributed by atoms with E-state index in [4.69, 9.17) is 9.47 Å². The van der Waals surface area contributed by atoms with Crippen molar-refractivity contribution in [1.82, 2.24) is 4.72 Å². The van der Waals surface area contributed by atoms with Gasteiger partial charge in [0.2, 0.25) is 15.9 Å². The first-order chi connectivity index (χ1) is 12.4. The number of hydrogen-bond acceptors (Lipinski definition) is 5. The number of methoxy groups -OCH3 is 2. The zero-order valence-electron chi connectivity index (χ0n) is 14.5. The molecule has 0 radical (unpaired) electrons. The molecule has 0 spiro atoms.